The van der Waals surface area contributed by atoms with Crippen LogP contribution in [0.4, 0.5) is 0 Å². The van der Waals surface area contributed by atoms with Crippen LogP contribution < -0.4 is 5.56 Å². The first-order valence-electron chi connectivity index (χ1n) is 8.10. The first-order valence-corrected chi connectivity index (χ1v) is 9.33. The lowest BCUT2D eigenvalue weighted by Crippen LogP contribution is -2.35. The van der Waals surface area contributed by atoms with Gasteiger partial charge >= 0.3 is 0 Å². The van der Waals surface area contributed by atoms with Crippen molar-refractivity contribution in [1.82, 2.24) is 24.8 Å². The summed E-state index contributed by atoms with van der Waals surface area (Å²) in [5, 5.41) is 0.705. The number of fused-ring (bicyclic) bond motifs is 1. The molecular formula is C16H23N5OS. The van der Waals surface area contributed by atoms with Crippen LogP contribution in [0.5, 0.6) is 0 Å². The van der Waals surface area contributed by atoms with E-state index in [1.54, 1.807) is 0 Å². The number of aryl methyl sites for hydroxylation is 1. The Morgan fingerprint density at radius 1 is 1.39 bits per heavy atom. The fraction of sp³-hybridized carbons (Fsp3) is 0.562. The average Bonchev–Trinajstić information content (AvgIpc) is 3.00. The number of aromatic amines is 2. The van der Waals surface area contributed by atoms with Gasteiger partial charge in [-0.05, 0) is 12.7 Å². The van der Waals surface area contributed by atoms with Crippen LogP contribution in [0.1, 0.15) is 42.5 Å². The molecule has 0 aromatic carbocycles. The highest BCUT2D eigenvalue weighted by molar-refractivity contribution is 7.98. The number of unbranched alkanes of at least 4 members (excludes halogenated alkanes) is 1. The molecule has 3 rings (SSSR count). The lowest BCUT2D eigenvalue weighted by Gasteiger charge is -2.27. The van der Waals surface area contributed by atoms with Crippen LogP contribution in [-0.2, 0) is 25.9 Å². The SMILES string of the molecule is CCCCc1ncc(CN2CCc3nc(SC)[nH]c(=O)c3C2)[nH]1. The van der Waals surface area contributed by atoms with Crippen molar-refractivity contribution in [3.63, 3.8) is 0 Å². The maximum atomic E-state index is 12.2. The number of imidazole rings is 1. The first-order chi connectivity index (χ1) is 11.2. The molecule has 0 bridgehead atoms. The van der Waals surface area contributed by atoms with Gasteiger partial charge in [0.25, 0.3) is 5.56 Å². The van der Waals surface area contributed by atoms with Crippen LogP contribution in [0.3, 0.4) is 0 Å². The summed E-state index contributed by atoms with van der Waals surface area (Å²) in [5.74, 6) is 1.06. The number of hydrogen-bond donors (Lipinski definition) is 2. The van der Waals surface area contributed by atoms with E-state index >= 15 is 0 Å². The highest BCUT2D eigenvalue weighted by atomic mass is 32.2. The van der Waals surface area contributed by atoms with E-state index in [9.17, 15) is 4.79 Å². The molecule has 0 spiro atoms. The number of nitrogens with zero attached hydrogens (tertiary/aromatic N) is 3. The van der Waals surface area contributed by atoms with Crippen molar-refractivity contribution < 1.29 is 0 Å². The molecule has 0 unspecified atom stereocenters. The van der Waals surface area contributed by atoms with Gasteiger partial charge in [0.15, 0.2) is 5.16 Å². The first kappa shape index (κ1) is 16.3. The fourth-order valence-electron chi connectivity index (χ4n) is 2.89. The Bertz CT molecular complexity index is 724. The van der Waals surface area contributed by atoms with Gasteiger partial charge in [-0.25, -0.2) is 9.97 Å². The van der Waals surface area contributed by atoms with E-state index in [0.29, 0.717) is 11.7 Å². The number of thioether (sulfide) groups is 1. The molecule has 3 heterocycles. The molecular weight excluding hydrogens is 310 g/mol. The predicted octanol–water partition coefficient (Wildman–Crippen LogP) is 2.12. The smallest absolute Gasteiger partial charge is 0.256 e. The summed E-state index contributed by atoms with van der Waals surface area (Å²) in [6.45, 7) is 4.54. The third-order valence-electron chi connectivity index (χ3n) is 4.16. The Balaban J connectivity index is 1.68. The maximum Gasteiger partial charge on any atom is 0.256 e. The van der Waals surface area contributed by atoms with Crippen molar-refractivity contribution in [3.8, 4) is 0 Å². The van der Waals surface area contributed by atoms with Gasteiger partial charge in [0.2, 0.25) is 0 Å². The molecule has 2 aromatic heterocycles. The molecule has 2 N–H and O–H groups in total. The Hall–Kier alpha value is -1.60. The third kappa shape index (κ3) is 3.84. The molecule has 0 saturated carbocycles. The van der Waals surface area contributed by atoms with Crippen molar-refractivity contribution in [1.29, 1.82) is 0 Å². The highest BCUT2D eigenvalue weighted by Crippen LogP contribution is 2.18. The maximum absolute atomic E-state index is 12.2. The molecule has 0 fully saturated rings. The Morgan fingerprint density at radius 2 is 2.26 bits per heavy atom. The summed E-state index contributed by atoms with van der Waals surface area (Å²) in [6.07, 6.45) is 7.99. The zero-order valence-corrected chi connectivity index (χ0v) is 14.5. The van der Waals surface area contributed by atoms with Crippen molar-refractivity contribution in [2.75, 3.05) is 12.8 Å². The average molecular weight is 333 g/mol. The Morgan fingerprint density at radius 3 is 3.04 bits per heavy atom. The molecule has 1 aliphatic rings. The van der Waals surface area contributed by atoms with Gasteiger partial charge in [-0.1, -0.05) is 25.1 Å². The van der Waals surface area contributed by atoms with Crippen LogP contribution in [0, 0.1) is 0 Å². The zero-order chi connectivity index (χ0) is 16.2. The second-order valence-electron chi connectivity index (χ2n) is 5.92. The zero-order valence-electron chi connectivity index (χ0n) is 13.7. The van der Waals surface area contributed by atoms with Crippen LogP contribution in [-0.4, -0.2) is 37.6 Å². The number of aromatic nitrogens is 4. The number of H-pyrrole nitrogens is 2. The number of hydrogen-bond acceptors (Lipinski definition) is 5. The number of nitrogens with one attached hydrogen (secondary N) is 2. The van der Waals surface area contributed by atoms with E-state index in [2.05, 4.69) is 31.8 Å². The molecule has 6 nitrogen and oxygen atoms in total. The quantitative estimate of drug-likeness (QED) is 0.625. The highest BCUT2D eigenvalue weighted by Gasteiger charge is 2.21. The second-order valence-corrected chi connectivity index (χ2v) is 6.71. The molecule has 0 saturated heterocycles. The van der Waals surface area contributed by atoms with E-state index in [-0.39, 0.29) is 5.56 Å². The molecule has 1 aliphatic heterocycles. The van der Waals surface area contributed by atoms with Crippen molar-refractivity contribution in [2.24, 2.45) is 0 Å². The van der Waals surface area contributed by atoms with Gasteiger partial charge in [0.1, 0.15) is 5.82 Å². The summed E-state index contributed by atoms with van der Waals surface area (Å²) < 4.78 is 0. The summed E-state index contributed by atoms with van der Waals surface area (Å²) in [4.78, 5) is 29.7. The van der Waals surface area contributed by atoms with Gasteiger partial charge in [0.05, 0.1) is 11.3 Å². The Kier molecular flexibility index (Phi) is 5.17. The molecule has 23 heavy (non-hydrogen) atoms. The fourth-order valence-corrected chi connectivity index (χ4v) is 3.28. The normalized spacial score (nSPS) is 14.9. The van der Waals surface area contributed by atoms with Crippen LogP contribution in [0.25, 0.3) is 0 Å². The van der Waals surface area contributed by atoms with Gasteiger partial charge in [-0.2, -0.15) is 0 Å². The van der Waals surface area contributed by atoms with Crippen LogP contribution in [0.2, 0.25) is 0 Å². The molecule has 124 valence electrons. The minimum Gasteiger partial charge on any atom is -0.345 e. The van der Waals surface area contributed by atoms with E-state index in [1.807, 2.05) is 12.5 Å². The molecule has 2 aromatic rings. The van der Waals surface area contributed by atoms with E-state index in [4.69, 9.17) is 0 Å². The van der Waals surface area contributed by atoms with Crippen molar-refractivity contribution in [2.45, 2.75) is 50.9 Å². The second kappa shape index (κ2) is 7.31. The molecule has 7 heteroatoms. The van der Waals surface area contributed by atoms with Crippen molar-refractivity contribution in [3.05, 3.63) is 39.3 Å². The molecule has 0 aliphatic carbocycles. The standard InChI is InChI=1S/C16H23N5OS/c1-3-4-5-14-17-8-11(18-14)9-21-7-6-13-12(10-21)15(22)20-16(19-13)23-2/h8H,3-7,9-10H2,1-2H3,(H,17,18)(H,19,20,22). The largest absolute Gasteiger partial charge is 0.345 e. The Labute approximate surface area is 140 Å². The summed E-state index contributed by atoms with van der Waals surface area (Å²) in [6, 6.07) is 0. The summed E-state index contributed by atoms with van der Waals surface area (Å²) >= 11 is 1.47. The van der Waals surface area contributed by atoms with Gasteiger partial charge in [0, 0.05) is 44.4 Å². The molecule has 0 amide bonds. The monoisotopic (exact) mass is 333 g/mol. The van der Waals surface area contributed by atoms with Crippen LogP contribution >= 0.6 is 11.8 Å². The van der Waals surface area contributed by atoms with Gasteiger partial charge < -0.3 is 9.97 Å². The van der Waals surface area contributed by atoms with E-state index < -0.39 is 0 Å². The molecule has 0 atom stereocenters. The summed E-state index contributed by atoms with van der Waals surface area (Å²) in [7, 11) is 0. The third-order valence-corrected chi connectivity index (χ3v) is 4.74. The van der Waals surface area contributed by atoms with Gasteiger partial charge in [-0.3, -0.25) is 9.69 Å². The topological polar surface area (TPSA) is 77.7 Å². The minimum atomic E-state index is -0.00250. The van der Waals surface area contributed by atoms with Crippen molar-refractivity contribution >= 4 is 11.8 Å². The van der Waals surface area contributed by atoms with E-state index in [1.165, 1.54) is 18.2 Å². The lowest BCUT2D eigenvalue weighted by molar-refractivity contribution is 0.238. The number of rotatable bonds is 6. The summed E-state index contributed by atoms with van der Waals surface area (Å²) in [5.41, 5.74) is 2.87. The lowest BCUT2D eigenvalue weighted by atomic mass is 10.1. The van der Waals surface area contributed by atoms with Crippen LogP contribution in [0.15, 0.2) is 16.1 Å². The minimum absolute atomic E-state index is 0.00250. The predicted molar refractivity (Wildman–Crippen MR) is 91.7 cm³/mol. The van der Waals surface area contributed by atoms with Gasteiger partial charge in [-0.15, -0.1) is 0 Å². The molecule has 0 radical (unpaired) electrons. The van der Waals surface area contributed by atoms with E-state index in [0.717, 1.165) is 55.1 Å².